The number of hydrogen-bond acceptors (Lipinski definition) is 4. The number of esters is 1. The zero-order chi connectivity index (χ0) is 15.7. The van der Waals surface area contributed by atoms with Crippen LogP contribution in [0.15, 0.2) is 5.38 Å². The van der Waals surface area contributed by atoms with E-state index >= 15 is 0 Å². The minimum Gasteiger partial charge on any atom is -0.506 e. The number of hydrogen-bond donors (Lipinski definition) is 1. The topological polar surface area (TPSA) is 46.5 Å². The van der Waals surface area contributed by atoms with Gasteiger partial charge >= 0.3 is 5.97 Å². The molecule has 1 aromatic heterocycles. The summed E-state index contributed by atoms with van der Waals surface area (Å²) < 4.78 is 6.49. The van der Waals surface area contributed by atoms with Gasteiger partial charge in [-0.05, 0) is 24.1 Å². The van der Waals surface area contributed by atoms with E-state index in [1.165, 1.54) is 24.2 Å². The number of ether oxygens (including phenoxy) is 1. The van der Waals surface area contributed by atoms with Crippen LogP contribution in [-0.4, -0.2) is 48.8 Å². The molecule has 0 amide bonds. The Hall–Kier alpha value is -1.07. The summed E-state index contributed by atoms with van der Waals surface area (Å²) in [6.45, 7) is 1.93. The second-order valence-corrected chi connectivity index (χ2v) is 8.33. The van der Waals surface area contributed by atoms with Crippen LogP contribution in [0.1, 0.15) is 48.5 Å². The highest BCUT2D eigenvalue weighted by Gasteiger charge is 2.33. The minimum atomic E-state index is -0.206. The van der Waals surface area contributed by atoms with Crippen LogP contribution < -0.4 is 0 Å². The third-order valence-corrected chi connectivity index (χ3v) is 6.01. The van der Waals surface area contributed by atoms with E-state index in [-0.39, 0.29) is 18.5 Å². The highest BCUT2D eigenvalue weighted by molar-refractivity contribution is 7.10. The lowest BCUT2D eigenvalue weighted by molar-refractivity contribution is -0.879. The van der Waals surface area contributed by atoms with Crippen LogP contribution in [0.3, 0.4) is 0 Å². The molecule has 1 saturated carbocycles. The number of aromatic hydroxyl groups is 1. The average Bonchev–Trinajstić information content (AvgIpc) is 3.13. The maximum absolute atomic E-state index is 12.1. The van der Waals surface area contributed by atoms with Gasteiger partial charge < -0.3 is 14.3 Å². The van der Waals surface area contributed by atoms with Gasteiger partial charge in [-0.15, -0.1) is 11.3 Å². The van der Waals surface area contributed by atoms with E-state index in [2.05, 4.69) is 14.1 Å². The molecule has 0 spiro atoms. The van der Waals surface area contributed by atoms with E-state index in [0.29, 0.717) is 11.7 Å². The molecule has 0 bridgehead atoms. The summed E-state index contributed by atoms with van der Waals surface area (Å²) in [5.41, 5.74) is 1.05. The number of quaternary nitrogens is 1. The van der Waals surface area contributed by atoms with Crippen molar-refractivity contribution < 1.29 is 19.1 Å². The Labute approximate surface area is 136 Å². The lowest BCUT2D eigenvalue weighted by Crippen LogP contribution is -2.38. The van der Waals surface area contributed by atoms with E-state index < -0.39 is 0 Å². The molecule has 0 aromatic carbocycles. The van der Waals surface area contributed by atoms with Crippen LogP contribution >= 0.6 is 11.3 Å². The fraction of sp³-hybridized carbons (Fsp3) is 0.706. The van der Waals surface area contributed by atoms with Crippen molar-refractivity contribution >= 4 is 17.3 Å². The van der Waals surface area contributed by atoms with Crippen LogP contribution in [0.2, 0.25) is 0 Å². The number of rotatable bonds is 4. The molecular weight excluding hydrogens is 298 g/mol. The summed E-state index contributed by atoms with van der Waals surface area (Å²) in [5.74, 6) is 0.618. The van der Waals surface area contributed by atoms with E-state index in [4.69, 9.17) is 4.74 Å². The van der Waals surface area contributed by atoms with Gasteiger partial charge in [0.05, 0.1) is 31.9 Å². The third kappa shape index (κ3) is 3.46. The highest BCUT2D eigenvalue weighted by Crippen LogP contribution is 2.42. The molecule has 4 nitrogen and oxygen atoms in total. The van der Waals surface area contributed by atoms with Crippen molar-refractivity contribution in [3.8, 4) is 5.75 Å². The molecule has 0 radical (unpaired) electrons. The Morgan fingerprint density at radius 3 is 2.73 bits per heavy atom. The van der Waals surface area contributed by atoms with Gasteiger partial charge in [0.1, 0.15) is 12.3 Å². The first kappa shape index (κ1) is 15.8. The summed E-state index contributed by atoms with van der Waals surface area (Å²) in [4.78, 5) is 12.9. The third-order valence-electron chi connectivity index (χ3n) is 5.02. The Morgan fingerprint density at radius 2 is 2.09 bits per heavy atom. The molecule has 2 heterocycles. The van der Waals surface area contributed by atoms with E-state index in [1.807, 2.05) is 5.38 Å². The molecule has 122 valence electrons. The van der Waals surface area contributed by atoms with Crippen LogP contribution in [0.4, 0.5) is 0 Å². The monoisotopic (exact) mass is 324 g/mol. The van der Waals surface area contributed by atoms with Crippen molar-refractivity contribution in [2.45, 2.75) is 50.5 Å². The van der Waals surface area contributed by atoms with Crippen molar-refractivity contribution in [3.05, 3.63) is 15.8 Å². The van der Waals surface area contributed by atoms with Gasteiger partial charge in [0.15, 0.2) is 6.10 Å². The van der Waals surface area contributed by atoms with Crippen LogP contribution in [0.25, 0.3) is 0 Å². The molecule has 1 aliphatic carbocycles. The first-order valence-electron chi connectivity index (χ1n) is 8.25. The van der Waals surface area contributed by atoms with Gasteiger partial charge in [0.25, 0.3) is 0 Å². The lowest BCUT2D eigenvalue weighted by atomic mass is 9.99. The Kier molecular flexibility index (Phi) is 4.46. The normalized spacial score (nSPS) is 24.7. The minimum absolute atomic E-state index is 0.0268. The molecular formula is C17H26NO3S+. The van der Waals surface area contributed by atoms with Crippen molar-refractivity contribution in [1.82, 2.24) is 0 Å². The van der Waals surface area contributed by atoms with Crippen molar-refractivity contribution in [3.63, 3.8) is 0 Å². The van der Waals surface area contributed by atoms with Gasteiger partial charge in [-0.3, -0.25) is 4.79 Å². The molecule has 5 heteroatoms. The number of carbonyl (C=O) groups is 1. The number of nitrogens with zero attached hydrogens (tertiary/aromatic N) is 1. The summed E-state index contributed by atoms with van der Waals surface area (Å²) in [6, 6.07) is 0. The standard InChI is InChI=1S/C17H25NO3S/c1-18(2)8-7-13(10-18)21-16(19)9-15-17(20)14(11-22-15)12-5-3-4-6-12/h11-13H,3-10H2,1-2H3/p+1/t13-/m1/s1. The predicted octanol–water partition coefficient (Wildman–Crippen LogP) is 3.05. The number of carbonyl (C=O) groups excluding carboxylic acids is 1. The first-order valence-corrected chi connectivity index (χ1v) is 9.13. The molecule has 1 atom stereocenters. The summed E-state index contributed by atoms with van der Waals surface area (Å²) in [7, 11) is 4.32. The molecule has 3 rings (SSSR count). The van der Waals surface area contributed by atoms with Crippen molar-refractivity contribution in [2.75, 3.05) is 27.2 Å². The predicted molar refractivity (Wildman–Crippen MR) is 87.2 cm³/mol. The zero-order valence-electron chi connectivity index (χ0n) is 13.5. The van der Waals surface area contributed by atoms with Crippen molar-refractivity contribution in [2.24, 2.45) is 0 Å². The maximum Gasteiger partial charge on any atom is 0.311 e. The van der Waals surface area contributed by atoms with Gasteiger partial charge in [-0.1, -0.05) is 12.8 Å². The van der Waals surface area contributed by atoms with Crippen molar-refractivity contribution in [1.29, 1.82) is 0 Å². The second-order valence-electron chi connectivity index (χ2n) is 7.36. The SMILES string of the molecule is C[N+]1(C)CC[C@@H](OC(=O)Cc2scc(C3CCCC3)c2O)C1. The quantitative estimate of drug-likeness (QED) is 0.684. The molecule has 0 unspecified atom stereocenters. The maximum atomic E-state index is 12.1. The second kappa shape index (κ2) is 6.20. The molecule has 1 saturated heterocycles. The first-order chi connectivity index (χ1) is 10.4. The summed E-state index contributed by atoms with van der Waals surface area (Å²) in [6.07, 6.45) is 5.96. The molecule has 2 aliphatic rings. The van der Waals surface area contributed by atoms with Crippen LogP contribution in [-0.2, 0) is 16.0 Å². The van der Waals surface area contributed by atoms with Gasteiger partial charge in [0, 0.05) is 12.0 Å². The van der Waals surface area contributed by atoms with E-state index in [1.54, 1.807) is 0 Å². The molecule has 1 aliphatic heterocycles. The fourth-order valence-electron chi connectivity index (χ4n) is 3.74. The smallest absolute Gasteiger partial charge is 0.311 e. The fourth-order valence-corrected chi connectivity index (χ4v) is 4.75. The Balaban J connectivity index is 1.58. The summed E-state index contributed by atoms with van der Waals surface area (Å²) >= 11 is 1.49. The van der Waals surface area contributed by atoms with Crippen LogP contribution in [0, 0.1) is 0 Å². The number of thiophene rings is 1. The lowest BCUT2D eigenvalue weighted by Gasteiger charge is -2.22. The Morgan fingerprint density at radius 1 is 1.36 bits per heavy atom. The van der Waals surface area contributed by atoms with Crippen LogP contribution in [0.5, 0.6) is 5.75 Å². The largest absolute Gasteiger partial charge is 0.506 e. The molecule has 2 fully saturated rings. The zero-order valence-corrected chi connectivity index (χ0v) is 14.3. The van der Waals surface area contributed by atoms with E-state index in [9.17, 15) is 9.90 Å². The Bertz CT molecular complexity index is 546. The van der Waals surface area contributed by atoms with Gasteiger partial charge in [0.2, 0.25) is 0 Å². The summed E-state index contributed by atoms with van der Waals surface area (Å²) in [5, 5.41) is 12.4. The molecule has 22 heavy (non-hydrogen) atoms. The number of likely N-dealkylation sites (N-methyl/N-ethyl adjacent to an activating group) is 1. The number of likely N-dealkylation sites (tertiary alicyclic amines) is 1. The highest BCUT2D eigenvalue weighted by atomic mass is 32.1. The average molecular weight is 324 g/mol. The van der Waals surface area contributed by atoms with E-state index in [0.717, 1.165) is 47.3 Å². The van der Waals surface area contributed by atoms with Gasteiger partial charge in [-0.25, -0.2) is 0 Å². The molecule has 1 N–H and O–H groups in total. The molecule has 1 aromatic rings. The van der Waals surface area contributed by atoms with Gasteiger partial charge in [-0.2, -0.15) is 0 Å².